The summed E-state index contributed by atoms with van der Waals surface area (Å²) < 4.78 is 0. The van der Waals surface area contributed by atoms with E-state index in [-0.39, 0.29) is 0 Å². The second kappa shape index (κ2) is 2.78. The van der Waals surface area contributed by atoms with E-state index in [1.54, 1.807) is 0 Å². The van der Waals surface area contributed by atoms with E-state index in [1.165, 1.54) is 32.2 Å². The molecule has 64 valence electrons. The number of rotatable bonds is 1. The molecule has 3 unspecified atom stereocenters. The molecule has 0 bridgehead atoms. The van der Waals surface area contributed by atoms with E-state index in [0.717, 1.165) is 18.0 Å². The average molecular weight is 153 g/mol. The van der Waals surface area contributed by atoms with Crippen LogP contribution in [0.4, 0.5) is 0 Å². The minimum absolute atomic E-state index is 0.871. The van der Waals surface area contributed by atoms with Gasteiger partial charge in [-0.05, 0) is 38.6 Å². The zero-order valence-electron chi connectivity index (χ0n) is 7.71. The molecular formula is C10H19N. The molecule has 0 N–H and O–H groups in total. The van der Waals surface area contributed by atoms with Gasteiger partial charge in [0.05, 0.1) is 0 Å². The van der Waals surface area contributed by atoms with Gasteiger partial charge in [0.15, 0.2) is 0 Å². The van der Waals surface area contributed by atoms with Crippen molar-refractivity contribution < 1.29 is 0 Å². The van der Waals surface area contributed by atoms with Crippen molar-refractivity contribution in [3.05, 3.63) is 0 Å². The summed E-state index contributed by atoms with van der Waals surface area (Å²) in [6, 6.07) is 1.84. The highest BCUT2D eigenvalue weighted by Gasteiger charge is 2.40. The Morgan fingerprint density at radius 2 is 2.18 bits per heavy atom. The molecule has 0 amide bonds. The van der Waals surface area contributed by atoms with E-state index in [9.17, 15) is 0 Å². The summed E-state index contributed by atoms with van der Waals surface area (Å²) in [6.07, 6.45) is 5.94. The van der Waals surface area contributed by atoms with Crippen molar-refractivity contribution in [2.45, 2.75) is 51.6 Å². The van der Waals surface area contributed by atoms with Crippen molar-refractivity contribution in [3.63, 3.8) is 0 Å². The molecule has 1 heteroatoms. The Morgan fingerprint density at radius 3 is 2.91 bits per heavy atom. The Hall–Kier alpha value is -0.0400. The molecule has 1 heterocycles. The molecule has 2 rings (SSSR count). The van der Waals surface area contributed by atoms with Crippen molar-refractivity contribution in [3.8, 4) is 0 Å². The minimum atomic E-state index is 0.871. The normalized spacial score (nSPS) is 44.7. The third-order valence-electron chi connectivity index (χ3n) is 3.62. The molecule has 3 atom stereocenters. The fourth-order valence-electron chi connectivity index (χ4n) is 3.18. The molecule has 1 saturated heterocycles. The molecule has 1 aliphatic heterocycles. The van der Waals surface area contributed by atoms with Crippen LogP contribution in [0.15, 0.2) is 0 Å². The lowest BCUT2D eigenvalue weighted by Gasteiger charge is -2.25. The fraction of sp³-hybridized carbons (Fsp3) is 1.00. The van der Waals surface area contributed by atoms with Crippen LogP contribution in [0.1, 0.15) is 39.5 Å². The predicted molar refractivity (Wildman–Crippen MR) is 47.6 cm³/mol. The molecule has 1 saturated carbocycles. The summed E-state index contributed by atoms with van der Waals surface area (Å²) in [5.74, 6) is 1.06. The first-order valence-corrected chi connectivity index (χ1v) is 5.08. The molecule has 0 aromatic carbocycles. The van der Waals surface area contributed by atoms with Gasteiger partial charge in [-0.15, -0.1) is 0 Å². The zero-order valence-corrected chi connectivity index (χ0v) is 7.71. The van der Waals surface area contributed by atoms with Crippen LogP contribution in [0.3, 0.4) is 0 Å². The van der Waals surface area contributed by atoms with Gasteiger partial charge in [0.1, 0.15) is 0 Å². The third kappa shape index (κ3) is 1.10. The predicted octanol–water partition coefficient (Wildman–Crippen LogP) is 2.27. The second-order valence-corrected chi connectivity index (χ2v) is 4.17. The Labute approximate surface area is 69.8 Å². The summed E-state index contributed by atoms with van der Waals surface area (Å²) in [5, 5.41) is 0. The Balaban J connectivity index is 2.07. The molecule has 11 heavy (non-hydrogen) atoms. The van der Waals surface area contributed by atoms with Crippen LogP contribution >= 0.6 is 0 Å². The summed E-state index contributed by atoms with van der Waals surface area (Å²) in [4.78, 5) is 2.71. The highest BCUT2D eigenvalue weighted by Crippen LogP contribution is 2.40. The van der Waals surface area contributed by atoms with Gasteiger partial charge in [0.2, 0.25) is 0 Å². The molecule has 1 aliphatic carbocycles. The monoisotopic (exact) mass is 153 g/mol. The minimum Gasteiger partial charge on any atom is -0.298 e. The van der Waals surface area contributed by atoms with Crippen molar-refractivity contribution >= 4 is 0 Å². The standard InChI is InChI=1S/C10H19N/c1-3-11-8(2)7-9-5-4-6-10(9)11/h8-10H,3-7H2,1-2H3. The number of hydrogen-bond acceptors (Lipinski definition) is 1. The lowest BCUT2D eigenvalue weighted by molar-refractivity contribution is 0.207. The van der Waals surface area contributed by atoms with E-state index in [0.29, 0.717) is 0 Å². The van der Waals surface area contributed by atoms with E-state index in [2.05, 4.69) is 18.7 Å². The maximum atomic E-state index is 2.71. The van der Waals surface area contributed by atoms with Crippen LogP contribution in [0.25, 0.3) is 0 Å². The van der Waals surface area contributed by atoms with Crippen molar-refractivity contribution in [2.75, 3.05) is 6.54 Å². The highest BCUT2D eigenvalue weighted by atomic mass is 15.2. The lowest BCUT2D eigenvalue weighted by atomic mass is 10.0. The first-order chi connectivity index (χ1) is 5.33. The van der Waals surface area contributed by atoms with Gasteiger partial charge >= 0.3 is 0 Å². The summed E-state index contributed by atoms with van der Waals surface area (Å²) in [7, 11) is 0. The number of fused-ring (bicyclic) bond motifs is 1. The second-order valence-electron chi connectivity index (χ2n) is 4.17. The van der Waals surface area contributed by atoms with Crippen LogP contribution < -0.4 is 0 Å². The topological polar surface area (TPSA) is 3.24 Å². The smallest absolute Gasteiger partial charge is 0.0127 e. The SMILES string of the molecule is CCN1C(C)CC2CCCC21. The molecule has 2 fully saturated rings. The molecule has 0 radical (unpaired) electrons. The first-order valence-electron chi connectivity index (χ1n) is 5.08. The van der Waals surface area contributed by atoms with E-state index in [1.807, 2.05) is 0 Å². The third-order valence-corrected chi connectivity index (χ3v) is 3.62. The maximum absolute atomic E-state index is 2.71. The Kier molecular flexibility index (Phi) is 1.92. The van der Waals surface area contributed by atoms with Gasteiger partial charge < -0.3 is 0 Å². The Bertz CT molecular complexity index is 144. The number of likely N-dealkylation sites (tertiary alicyclic amines) is 1. The molecule has 0 aromatic rings. The summed E-state index contributed by atoms with van der Waals surface area (Å²) >= 11 is 0. The van der Waals surface area contributed by atoms with Crippen LogP contribution in [0.2, 0.25) is 0 Å². The van der Waals surface area contributed by atoms with E-state index >= 15 is 0 Å². The van der Waals surface area contributed by atoms with Crippen LogP contribution in [-0.4, -0.2) is 23.5 Å². The van der Waals surface area contributed by atoms with Gasteiger partial charge in [-0.2, -0.15) is 0 Å². The van der Waals surface area contributed by atoms with Gasteiger partial charge in [0.25, 0.3) is 0 Å². The zero-order chi connectivity index (χ0) is 7.84. The van der Waals surface area contributed by atoms with Crippen molar-refractivity contribution in [1.29, 1.82) is 0 Å². The molecule has 0 aromatic heterocycles. The van der Waals surface area contributed by atoms with Crippen LogP contribution in [0.5, 0.6) is 0 Å². The van der Waals surface area contributed by atoms with Gasteiger partial charge in [-0.1, -0.05) is 13.3 Å². The number of hydrogen-bond donors (Lipinski definition) is 0. The highest BCUT2D eigenvalue weighted by molar-refractivity contribution is 4.94. The Morgan fingerprint density at radius 1 is 1.36 bits per heavy atom. The van der Waals surface area contributed by atoms with Crippen molar-refractivity contribution in [2.24, 2.45) is 5.92 Å². The van der Waals surface area contributed by atoms with Crippen LogP contribution in [-0.2, 0) is 0 Å². The van der Waals surface area contributed by atoms with Crippen LogP contribution in [0, 0.1) is 5.92 Å². The quantitative estimate of drug-likeness (QED) is 0.558. The van der Waals surface area contributed by atoms with E-state index < -0.39 is 0 Å². The molecule has 1 nitrogen and oxygen atoms in total. The van der Waals surface area contributed by atoms with Gasteiger partial charge in [-0.25, -0.2) is 0 Å². The summed E-state index contributed by atoms with van der Waals surface area (Å²) in [6.45, 7) is 5.96. The number of nitrogens with zero attached hydrogens (tertiary/aromatic N) is 1. The summed E-state index contributed by atoms with van der Waals surface area (Å²) in [5.41, 5.74) is 0. The lowest BCUT2D eigenvalue weighted by Crippen LogP contribution is -2.34. The first kappa shape index (κ1) is 7.60. The van der Waals surface area contributed by atoms with E-state index in [4.69, 9.17) is 0 Å². The molecule has 2 aliphatic rings. The van der Waals surface area contributed by atoms with Crippen molar-refractivity contribution in [1.82, 2.24) is 4.90 Å². The largest absolute Gasteiger partial charge is 0.298 e. The van der Waals surface area contributed by atoms with Gasteiger partial charge in [-0.3, -0.25) is 4.90 Å². The average Bonchev–Trinajstić information content (AvgIpc) is 2.46. The van der Waals surface area contributed by atoms with Gasteiger partial charge in [0, 0.05) is 12.1 Å². The molecular weight excluding hydrogens is 134 g/mol. The molecule has 0 spiro atoms. The fourth-order valence-corrected chi connectivity index (χ4v) is 3.18. The maximum Gasteiger partial charge on any atom is 0.0127 e.